The maximum Gasteiger partial charge on any atom is 0.243 e. The highest BCUT2D eigenvalue weighted by Crippen LogP contribution is 2.40. The number of benzene rings is 2. The fraction of sp³-hybridized carbons (Fsp3) is 0.531. The molecule has 8 heteroatoms. The second kappa shape index (κ2) is 12.1. The average Bonchev–Trinajstić information content (AvgIpc) is 3.62. The molecule has 2 saturated heterocycles. The van der Waals surface area contributed by atoms with Crippen LogP contribution in [-0.2, 0) is 20.4 Å². The number of β-amino-alcohol motifs (C(OH)–C–C–N with tert-alkyl or cyclic N) is 1. The summed E-state index contributed by atoms with van der Waals surface area (Å²) in [5.74, 6) is 0.160. The second-order valence-electron chi connectivity index (χ2n) is 11.9. The van der Waals surface area contributed by atoms with Crippen LogP contribution in [0.2, 0.25) is 0 Å². The first-order valence-corrected chi connectivity index (χ1v) is 16.1. The quantitative estimate of drug-likeness (QED) is 0.462. The summed E-state index contributed by atoms with van der Waals surface area (Å²) in [4.78, 5) is 17.9. The minimum Gasteiger partial charge on any atom is -0.383 e. The van der Waals surface area contributed by atoms with Crippen LogP contribution < -0.4 is 0 Å². The Hall–Kier alpha value is -2.52. The molecule has 3 fully saturated rings. The van der Waals surface area contributed by atoms with Crippen molar-refractivity contribution in [3.05, 3.63) is 78.4 Å². The Balaban J connectivity index is 1.28. The van der Waals surface area contributed by atoms with Crippen molar-refractivity contribution < 1.29 is 18.3 Å². The first-order chi connectivity index (χ1) is 19.2. The van der Waals surface area contributed by atoms with E-state index in [9.17, 15) is 18.3 Å². The number of amides is 1. The van der Waals surface area contributed by atoms with Crippen LogP contribution in [0.1, 0.15) is 49.7 Å². The molecule has 0 aromatic heterocycles. The van der Waals surface area contributed by atoms with E-state index in [0.29, 0.717) is 37.4 Å². The van der Waals surface area contributed by atoms with Gasteiger partial charge in [-0.25, -0.2) is 8.42 Å². The number of rotatable bonds is 9. The van der Waals surface area contributed by atoms with Gasteiger partial charge in [0, 0.05) is 37.5 Å². The minimum atomic E-state index is -3.64. The molecule has 1 amide bonds. The predicted molar refractivity (Wildman–Crippen MR) is 157 cm³/mol. The number of carbonyl (C=O) groups is 1. The average molecular weight is 566 g/mol. The topological polar surface area (TPSA) is 81.2 Å². The summed E-state index contributed by atoms with van der Waals surface area (Å²) in [6.45, 7) is 9.05. The van der Waals surface area contributed by atoms with Gasteiger partial charge in [-0.1, -0.05) is 66.9 Å². The largest absolute Gasteiger partial charge is 0.383 e. The van der Waals surface area contributed by atoms with Crippen LogP contribution in [0, 0.1) is 18.8 Å². The van der Waals surface area contributed by atoms with Gasteiger partial charge >= 0.3 is 0 Å². The summed E-state index contributed by atoms with van der Waals surface area (Å²) < 4.78 is 28.7. The molecule has 2 atom stereocenters. The van der Waals surface area contributed by atoms with Crippen molar-refractivity contribution in [1.82, 2.24) is 14.1 Å². The standard InChI is InChI=1S/C32H43N3O4S/c1-3-19-35(40(38,39)30-15-13-25(2)14-16-30)29-17-20-33(21-18-29)22-28-23-34(31(36)26-9-7-8-10-26)24-32(28,37)27-11-5-4-6-12-27/h3-6,11-16,26,28-29,37H,1,7-10,17-24H2,2H3/t28-,32-/m0/s1. The van der Waals surface area contributed by atoms with E-state index in [1.807, 2.05) is 54.3 Å². The Kier molecular flexibility index (Phi) is 8.80. The number of aliphatic hydroxyl groups is 1. The summed E-state index contributed by atoms with van der Waals surface area (Å²) in [5.41, 5.74) is 0.780. The molecular weight excluding hydrogens is 522 g/mol. The lowest BCUT2D eigenvalue weighted by molar-refractivity contribution is -0.135. The molecule has 40 heavy (non-hydrogen) atoms. The van der Waals surface area contributed by atoms with Crippen molar-refractivity contribution in [2.24, 2.45) is 11.8 Å². The van der Waals surface area contributed by atoms with Crippen LogP contribution in [0.3, 0.4) is 0 Å². The fourth-order valence-electron chi connectivity index (χ4n) is 6.88. The van der Waals surface area contributed by atoms with Crippen molar-refractivity contribution in [3.63, 3.8) is 0 Å². The molecule has 0 bridgehead atoms. The Morgan fingerprint density at radius 1 is 1.05 bits per heavy atom. The summed E-state index contributed by atoms with van der Waals surface area (Å²) in [6.07, 6.45) is 7.18. The van der Waals surface area contributed by atoms with Gasteiger partial charge in [0.15, 0.2) is 0 Å². The number of aryl methyl sites for hydroxylation is 1. The highest BCUT2D eigenvalue weighted by molar-refractivity contribution is 7.89. The molecule has 2 heterocycles. The van der Waals surface area contributed by atoms with Crippen LogP contribution in [0.15, 0.2) is 72.1 Å². The normalized spacial score (nSPS) is 25.1. The van der Waals surface area contributed by atoms with Crippen LogP contribution in [0.5, 0.6) is 0 Å². The van der Waals surface area contributed by atoms with E-state index in [0.717, 1.165) is 49.9 Å². The molecule has 7 nitrogen and oxygen atoms in total. The number of carbonyl (C=O) groups excluding carboxylic acids is 1. The highest BCUT2D eigenvalue weighted by Gasteiger charge is 2.49. The molecule has 0 unspecified atom stereocenters. The van der Waals surface area contributed by atoms with Crippen molar-refractivity contribution >= 4 is 15.9 Å². The van der Waals surface area contributed by atoms with E-state index < -0.39 is 15.6 Å². The third-order valence-corrected chi connectivity index (χ3v) is 11.1. The number of nitrogens with zero attached hydrogens (tertiary/aromatic N) is 3. The molecular formula is C32H43N3O4S. The fourth-order valence-corrected chi connectivity index (χ4v) is 8.54. The smallest absolute Gasteiger partial charge is 0.243 e. The van der Waals surface area contributed by atoms with Gasteiger partial charge in [0.25, 0.3) is 0 Å². The van der Waals surface area contributed by atoms with Crippen molar-refractivity contribution in [1.29, 1.82) is 0 Å². The molecule has 1 N–H and O–H groups in total. The first-order valence-electron chi connectivity index (χ1n) is 14.7. The molecule has 1 saturated carbocycles. The van der Waals surface area contributed by atoms with Gasteiger partial charge in [-0.2, -0.15) is 4.31 Å². The van der Waals surface area contributed by atoms with Crippen LogP contribution in [0.25, 0.3) is 0 Å². The Morgan fingerprint density at radius 2 is 1.70 bits per heavy atom. The number of piperidine rings is 1. The number of sulfonamides is 1. The van der Waals surface area contributed by atoms with Gasteiger partial charge in [-0.15, -0.1) is 6.58 Å². The summed E-state index contributed by atoms with van der Waals surface area (Å²) in [7, 11) is -3.64. The lowest BCUT2D eigenvalue weighted by Gasteiger charge is -2.40. The number of hydrogen-bond donors (Lipinski definition) is 1. The molecule has 0 radical (unpaired) electrons. The zero-order valence-electron chi connectivity index (χ0n) is 23.6. The maximum atomic E-state index is 13.5. The van der Waals surface area contributed by atoms with E-state index >= 15 is 0 Å². The first kappa shape index (κ1) is 29.0. The third kappa shape index (κ3) is 5.91. The van der Waals surface area contributed by atoms with Gasteiger partial charge in [0.2, 0.25) is 15.9 Å². The number of likely N-dealkylation sites (tertiary alicyclic amines) is 2. The zero-order valence-corrected chi connectivity index (χ0v) is 24.4. The summed E-state index contributed by atoms with van der Waals surface area (Å²) >= 11 is 0. The lowest BCUT2D eigenvalue weighted by atomic mass is 9.83. The van der Waals surface area contributed by atoms with Gasteiger partial charge in [0.05, 0.1) is 11.4 Å². The van der Waals surface area contributed by atoms with E-state index in [1.165, 1.54) is 0 Å². The molecule has 2 aromatic carbocycles. The second-order valence-corrected chi connectivity index (χ2v) is 13.8. The molecule has 2 aromatic rings. The molecule has 5 rings (SSSR count). The van der Waals surface area contributed by atoms with Crippen molar-refractivity contribution in [2.75, 3.05) is 39.3 Å². The summed E-state index contributed by atoms with van der Waals surface area (Å²) in [5, 5.41) is 12.1. The Labute approximate surface area is 239 Å². The van der Waals surface area contributed by atoms with Crippen LogP contribution >= 0.6 is 0 Å². The zero-order chi connectivity index (χ0) is 28.3. The van der Waals surface area contributed by atoms with E-state index in [2.05, 4.69) is 11.5 Å². The molecule has 2 aliphatic heterocycles. The van der Waals surface area contributed by atoms with Gasteiger partial charge in [-0.3, -0.25) is 4.79 Å². The minimum absolute atomic E-state index is 0.0841. The molecule has 1 aliphatic carbocycles. The predicted octanol–water partition coefficient (Wildman–Crippen LogP) is 4.17. The SMILES string of the molecule is C=CCN(C1CCN(C[C@H]2CN(C(=O)C3CCCC3)C[C@]2(O)c2ccccc2)CC1)S(=O)(=O)c1ccc(C)cc1. The van der Waals surface area contributed by atoms with Gasteiger partial charge < -0.3 is 14.9 Å². The maximum absolute atomic E-state index is 13.5. The monoisotopic (exact) mass is 565 g/mol. The molecule has 216 valence electrons. The summed E-state index contributed by atoms with van der Waals surface area (Å²) in [6, 6.07) is 16.7. The molecule has 3 aliphatic rings. The van der Waals surface area contributed by atoms with Crippen molar-refractivity contribution in [2.45, 2.75) is 62.0 Å². The highest BCUT2D eigenvalue weighted by atomic mass is 32.2. The van der Waals surface area contributed by atoms with E-state index in [-0.39, 0.29) is 30.3 Å². The Morgan fingerprint density at radius 3 is 2.33 bits per heavy atom. The number of hydrogen-bond acceptors (Lipinski definition) is 5. The third-order valence-electron chi connectivity index (χ3n) is 9.22. The van der Waals surface area contributed by atoms with Gasteiger partial charge in [-0.05, 0) is 63.4 Å². The molecule has 0 spiro atoms. The van der Waals surface area contributed by atoms with Crippen LogP contribution in [0.4, 0.5) is 0 Å². The van der Waals surface area contributed by atoms with Crippen molar-refractivity contribution in [3.8, 4) is 0 Å². The van der Waals surface area contributed by atoms with Gasteiger partial charge in [0.1, 0.15) is 5.60 Å². The van der Waals surface area contributed by atoms with Crippen LogP contribution in [-0.4, -0.2) is 78.8 Å². The Bertz CT molecular complexity index is 1270. The lowest BCUT2D eigenvalue weighted by Crippen LogP contribution is -2.49. The van der Waals surface area contributed by atoms with E-state index in [1.54, 1.807) is 22.5 Å². The van der Waals surface area contributed by atoms with E-state index in [4.69, 9.17) is 0 Å².